The normalized spacial score (nSPS) is 17.0. The number of benzene rings is 1. The Morgan fingerprint density at radius 1 is 1.26 bits per heavy atom. The zero-order valence-corrected chi connectivity index (χ0v) is 11.6. The Kier molecular flexibility index (Phi) is 3.74. The molecular formula is C16H19NO2. The maximum Gasteiger partial charge on any atom is 0.339 e. The fourth-order valence-corrected chi connectivity index (χ4v) is 2.03. The van der Waals surface area contributed by atoms with Crippen molar-refractivity contribution in [3.8, 4) is 0 Å². The lowest BCUT2D eigenvalue weighted by Gasteiger charge is -2.38. The molecule has 0 unspecified atom stereocenters. The number of hydrogen-bond donors (Lipinski definition) is 0. The van der Waals surface area contributed by atoms with Crippen molar-refractivity contribution in [3.05, 3.63) is 59.8 Å². The fourth-order valence-electron chi connectivity index (χ4n) is 2.03. The maximum atomic E-state index is 11.6. The van der Waals surface area contributed by atoms with E-state index in [0.717, 1.165) is 6.54 Å². The summed E-state index contributed by atoms with van der Waals surface area (Å²) in [5, 5.41) is 0. The maximum absolute atomic E-state index is 11.6. The molecule has 1 aliphatic rings. The Morgan fingerprint density at radius 2 is 1.95 bits per heavy atom. The number of esters is 1. The van der Waals surface area contributed by atoms with Gasteiger partial charge >= 0.3 is 5.97 Å². The average molecular weight is 257 g/mol. The lowest BCUT2D eigenvalue weighted by molar-refractivity contribution is -0.135. The predicted molar refractivity (Wildman–Crippen MR) is 75.3 cm³/mol. The molecule has 1 aliphatic heterocycles. The molecule has 0 aliphatic carbocycles. The van der Waals surface area contributed by atoms with E-state index in [1.165, 1.54) is 12.7 Å². The highest BCUT2D eigenvalue weighted by molar-refractivity contribution is 5.91. The van der Waals surface area contributed by atoms with Crippen molar-refractivity contribution < 1.29 is 9.53 Å². The molecule has 2 rings (SSSR count). The van der Waals surface area contributed by atoms with Gasteiger partial charge in [0.2, 0.25) is 0 Å². The van der Waals surface area contributed by atoms with E-state index in [0.29, 0.717) is 5.57 Å². The van der Waals surface area contributed by atoms with Gasteiger partial charge in [0.1, 0.15) is 0 Å². The van der Waals surface area contributed by atoms with E-state index in [1.807, 2.05) is 36.6 Å². The molecule has 1 aromatic rings. The molecule has 0 saturated carbocycles. The van der Waals surface area contributed by atoms with Crippen LogP contribution in [0.5, 0.6) is 0 Å². The summed E-state index contributed by atoms with van der Waals surface area (Å²) in [7, 11) is 1.40. The van der Waals surface area contributed by atoms with E-state index in [2.05, 4.69) is 30.9 Å². The molecule has 0 radical (unpaired) electrons. The van der Waals surface area contributed by atoms with Gasteiger partial charge in [-0.15, -0.1) is 0 Å². The van der Waals surface area contributed by atoms with Crippen molar-refractivity contribution in [2.45, 2.75) is 25.9 Å². The summed E-state index contributed by atoms with van der Waals surface area (Å²) in [5.41, 5.74) is 1.68. The quantitative estimate of drug-likeness (QED) is 0.780. The smallest absolute Gasteiger partial charge is 0.339 e. The molecule has 0 spiro atoms. The van der Waals surface area contributed by atoms with Crippen molar-refractivity contribution >= 4 is 5.97 Å². The van der Waals surface area contributed by atoms with E-state index in [-0.39, 0.29) is 11.5 Å². The number of ether oxygens (including phenoxy) is 1. The van der Waals surface area contributed by atoms with Crippen LogP contribution in [0.3, 0.4) is 0 Å². The third-order valence-electron chi connectivity index (χ3n) is 3.32. The summed E-state index contributed by atoms with van der Waals surface area (Å²) in [6, 6.07) is 10.2. The molecule has 100 valence electrons. The highest BCUT2D eigenvalue weighted by Crippen LogP contribution is 2.26. The minimum atomic E-state index is -0.301. The van der Waals surface area contributed by atoms with E-state index >= 15 is 0 Å². The largest absolute Gasteiger partial charge is 0.465 e. The monoisotopic (exact) mass is 257 g/mol. The van der Waals surface area contributed by atoms with Crippen LogP contribution in [0.1, 0.15) is 19.4 Å². The van der Waals surface area contributed by atoms with Gasteiger partial charge in [-0.25, -0.2) is 4.79 Å². The lowest BCUT2D eigenvalue weighted by Crippen LogP contribution is -2.40. The van der Waals surface area contributed by atoms with Gasteiger partial charge in [0.05, 0.1) is 18.2 Å². The number of hydrogen-bond acceptors (Lipinski definition) is 3. The van der Waals surface area contributed by atoms with Gasteiger partial charge in [0.15, 0.2) is 0 Å². The Bertz CT molecular complexity index is 515. The second kappa shape index (κ2) is 5.31. The SMILES string of the molecule is COC(=O)C1=CN(Cc2ccccc2)C(C)(C)C=C1. The zero-order chi connectivity index (χ0) is 13.9. The van der Waals surface area contributed by atoms with Crippen LogP contribution in [0.25, 0.3) is 0 Å². The van der Waals surface area contributed by atoms with Crippen LogP contribution in [-0.2, 0) is 16.1 Å². The number of nitrogens with zero attached hydrogens (tertiary/aromatic N) is 1. The average Bonchev–Trinajstić information content (AvgIpc) is 2.41. The topological polar surface area (TPSA) is 29.5 Å². The van der Waals surface area contributed by atoms with Gasteiger partial charge in [-0.3, -0.25) is 0 Å². The summed E-state index contributed by atoms with van der Waals surface area (Å²) in [6.07, 6.45) is 5.73. The molecule has 0 bridgehead atoms. The summed E-state index contributed by atoms with van der Waals surface area (Å²) < 4.78 is 4.77. The summed E-state index contributed by atoms with van der Waals surface area (Å²) in [5.74, 6) is -0.301. The van der Waals surface area contributed by atoms with Gasteiger partial charge < -0.3 is 9.64 Å². The van der Waals surface area contributed by atoms with Crippen LogP contribution >= 0.6 is 0 Å². The Balaban J connectivity index is 2.23. The van der Waals surface area contributed by atoms with Crippen molar-refractivity contribution in [2.75, 3.05) is 7.11 Å². The Hall–Kier alpha value is -2.03. The fraction of sp³-hybridized carbons (Fsp3) is 0.312. The van der Waals surface area contributed by atoms with Crippen molar-refractivity contribution in [1.29, 1.82) is 0 Å². The second-order valence-electron chi connectivity index (χ2n) is 5.18. The third-order valence-corrected chi connectivity index (χ3v) is 3.32. The number of carbonyl (C=O) groups excluding carboxylic acids is 1. The van der Waals surface area contributed by atoms with Gasteiger partial charge in [-0.1, -0.05) is 36.4 Å². The number of carbonyl (C=O) groups is 1. The minimum absolute atomic E-state index is 0.118. The van der Waals surface area contributed by atoms with Crippen molar-refractivity contribution in [1.82, 2.24) is 4.90 Å². The van der Waals surface area contributed by atoms with Crippen LogP contribution in [0, 0.1) is 0 Å². The first-order valence-electron chi connectivity index (χ1n) is 6.33. The van der Waals surface area contributed by atoms with Gasteiger partial charge in [-0.05, 0) is 25.5 Å². The molecule has 0 fully saturated rings. The second-order valence-corrected chi connectivity index (χ2v) is 5.18. The molecule has 0 atom stereocenters. The highest BCUT2D eigenvalue weighted by Gasteiger charge is 2.26. The molecule has 3 heteroatoms. The predicted octanol–water partition coefficient (Wildman–Crippen LogP) is 2.89. The molecule has 0 N–H and O–H groups in total. The summed E-state index contributed by atoms with van der Waals surface area (Å²) >= 11 is 0. The van der Waals surface area contributed by atoms with Gasteiger partial charge in [0.25, 0.3) is 0 Å². The van der Waals surface area contributed by atoms with E-state index in [9.17, 15) is 4.79 Å². The van der Waals surface area contributed by atoms with Crippen molar-refractivity contribution in [2.24, 2.45) is 0 Å². The first kappa shape index (κ1) is 13.4. The van der Waals surface area contributed by atoms with Crippen LogP contribution in [0.15, 0.2) is 54.3 Å². The van der Waals surface area contributed by atoms with Crippen LogP contribution in [0.4, 0.5) is 0 Å². The molecular weight excluding hydrogens is 238 g/mol. The van der Waals surface area contributed by atoms with E-state index in [1.54, 1.807) is 0 Å². The van der Waals surface area contributed by atoms with Gasteiger partial charge in [-0.2, -0.15) is 0 Å². The summed E-state index contributed by atoms with van der Waals surface area (Å²) in [6.45, 7) is 5.01. The van der Waals surface area contributed by atoms with Crippen LogP contribution < -0.4 is 0 Å². The van der Waals surface area contributed by atoms with Crippen molar-refractivity contribution in [3.63, 3.8) is 0 Å². The molecule has 0 saturated heterocycles. The van der Waals surface area contributed by atoms with E-state index in [4.69, 9.17) is 4.74 Å². The molecule has 19 heavy (non-hydrogen) atoms. The number of methoxy groups -OCH3 is 1. The first-order valence-corrected chi connectivity index (χ1v) is 6.33. The molecule has 1 heterocycles. The van der Waals surface area contributed by atoms with Gasteiger partial charge in [0, 0.05) is 12.7 Å². The van der Waals surface area contributed by atoms with Crippen LogP contribution in [0.2, 0.25) is 0 Å². The lowest BCUT2D eigenvalue weighted by atomic mass is 9.96. The molecule has 3 nitrogen and oxygen atoms in total. The molecule has 1 aromatic carbocycles. The Morgan fingerprint density at radius 3 is 2.58 bits per heavy atom. The third kappa shape index (κ3) is 3.05. The molecule has 0 amide bonds. The first-order chi connectivity index (χ1) is 9.03. The zero-order valence-electron chi connectivity index (χ0n) is 11.6. The molecule has 0 aromatic heterocycles. The van der Waals surface area contributed by atoms with E-state index < -0.39 is 0 Å². The summed E-state index contributed by atoms with van der Waals surface area (Å²) in [4.78, 5) is 13.8. The van der Waals surface area contributed by atoms with Crippen LogP contribution in [-0.4, -0.2) is 23.5 Å². The minimum Gasteiger partial charge on any atom is -0.465 e. The standard InChI is InChI=1S/C16H19NO2/c1-16(2)10-9-14(15(18)19-3)12-17(16)11-13-7-5-4-6-8-13/h4-10,12H,11H2,1-3H3. The Labute approximate surface area is 114 Å². The number of rotatable bonds is 3. The highest BCUT2D eigenvalue weighted by atomic mass is 16.5.